The molecule has 1 saturated heterocycles. The molecule has 4 fully saturated rings. The average Bonchev–Trinajstić information content (AvgIpc) is 2.95. The number of esters is 1. The molecule has 1 heterocycles. The first-order chi connectivity index (χ1) is 11.6. The van der Waals surface area contributed by atoms with Crippen LogP contribution in [0.4, 0.5) is 0 Å². The second-order valence-corrected chi connectivity index (χ2v) is 8.94. The van der Waals surface area contributed by atoms with Crippen LogP contribution in [0.2, 0.25) is 0 Å². The zero-order valence-corrected chi connectivity index (χ0v) is 14.1. The molecule has 0 aromatic carbocycles. The molecule has 0 aromatic rings. The quantitative estimate of drug-likeness (QED) is 0.484. The molecule has 6 heteroatoms. The van der Waals surface area contributed by atoms with Crippen molar-refractivity contribution in [2.75, 3.05) is 0 Å². The monoisotopic (exact) mass is 346 g/mol. The largest absolute Gasteiger partial charge is 0.481 e. The fraction of sp³-hybridized carbons (Fsp3) is 0.684. The zero-order valence-electron chi connectivity index (χ0n) is 14.1. The standard InChI is InChI=1S/C19H22O6/c1-9-7-17-8-18(9,24)5-3-10(17)19-6-4-11(20)16(2,15(23)25-19)13(19)12(17)14(21)22/h4,6,10-13,20,24H,1,3,5,7-8H2,2H3,(H,21,22)/t10-,11+,12+,13+,16-,17+,18+,19+/m0/s1. The second kappa shape index (κ2) is 4.01. The number of hydrogen-bond donors (Lipinski definition) is 3. The van der Waals surface area contributed by atoms with E-state index >= 15 is 0 Å². The number of carboxylic acid groups (broad SMARTS) is 1. The Morgan fingerprint density at radius 3 is 2.84 bits per heavy atom. The maximum absolute atomic E-state index is 12.7. The third kappa shape index (κ3) is 1.36. The number of rotatable bonds is 1. The summed E-state index contributed by atoms with van der Waals surface area (Å²) in [6.07, 6.45) is 4.11. The number of aliphatic hydroxyl groups excluding tert-OH is 1. The van der Waals surface area contributed by atoms with Crippen LogP contribution in [0.1, 0.15) is 32.6 Å². The van der Waals surface area contributed by atoms with E-state index in [1.54, 1.807) is 19.1 Å². The molecule has 0 aromatic heterocycles. The van der Waals surface area contributed by atoms with Crippen LogP contribution in [-0.2, 0) is 14.3 Å². The van der Waals surface area contributed by atoms with E-state index in [2.05, 4.69) is 6.58 Å². The number of fused-ring (bicyclic) bond motifs is 1. The lowest BCUT2D eigenvalue weighted by atomic mass is 9.61. The SMILES string of the molecule is C=C1C[C@@]23C[C@]1(O)CC[C@@H]2[C@@]12C=C[C@@H](O)[C@](C)(C(=O)O1)[C@H]2[C@@H]3C(=O)O. The molecule has 1 aliphatic heterocycles. The highest BCUT2D eigenvalue weighted by molar-refractivity contribution is 5.86. The van der Waals surface area contributed by atoms with Crippen LogP contribution in [0, 0.1) is 28.6 Å². The van der Waals surface area contributed by atoms with E-state index in [1.807, 2.05) is 0 Å². The molecule has 4 bridgehead atoms. The van der Waals surface area contributed by atoms with Gasteiger partial charge in [-0.2, -0.15) is 0 Å². The van der Waals surface area contributed by atoms with Gasteiger partial charge in [-0.05, 0) is 49.7 Å². The summed E-state index contributed by atoms with van der Waals surface area (Å²) >= 11 is 0. The Hall–Kier alpha value is -1.66. The van der Waals surface area contributed by atoms with Gasteiger partial charge in [-0.1, -0.05) is 12.7 Å². The molecule has 6 nitrogen and oxygen atoms in total. The molecule has 25 heavy (non-hydrogen) atoms. The minimum Gasteiger partial charge on any atom is -0.481 e. The molecule has 0 unspecified atom stereocenters. The zero-order chi connectivity index (χ0) is 18.0. The highest BCUT2D eigenvalue weighted by Crippen LogP contribution is 2.77. The summed E-state index contributed by atoms with van der Waals surface area (Å²) in [6.45, 7) is 5.64. The summed E-state index contributed by atoms with van der Waals surface area (Å²) < 4.78 is 5.87. The van der Waals surface area contributed by atoms with Gasteiger partial charge in [-0.15, -0.1) is 0 Å². The fourth-order valence-electron chi connectivity index (χ4n) is 7.13. The molecule has 8 atom stereocenters. The van der Waals surface area contributed by atoms with Gasteiger partial charge in [0.15, 0.2) is 0 Å². The number of carboxylic acids is 1. The highest BCUT2D eigenvalue weighted by atomic mass is 16.6. The molecule has 0 radical (unpaired) electrons. The van der Waals surface area contributed by atoms with Crippen LogP contribution in [0.25, 0.3) is 0 Å². The number of carbonyl (C=O) groups is 2. The van der Waals surface area contributed by atoms with Crippen molar-refractivity contribution in [3.63, 3.8) is 0 Å². The minimum atomic E-state index is -1.27. The van der Waals surface area contributed by atoms with Gasteiger partial charge in [0.1, 0.15) is 11.0 Å². The summed E-state index contributed by atoms with van der Waals surface area (Å²) in [4.78, 5) is 25.1. The van der Waals surface area contributed by atoms with E-state index in [0.717, 1.165) is 0 Å². The minimum absolute atomic E-state index is 0.180. The third-order valence-corrected chi connectivity index (χ3v) is 8.12. The molecular formula is C19H22O6. The van der Waals surface area contributed by atoms with Gasteiger partial charge >= 0.3 is 11.9 Å². The molecule has 0 amide bonds. The molecule has 134 valence electrons. The lowest BCUT2D eigenvalue weighted by Gasteiger charge is -2.44. The van der Waals surface area contributed by atoms with Crippen LogP contribution in [0.15, 0.2) is 24.3 Å². The Morgan fingerprint density at radius 2 is 2.16 bits per heavy atom. The maximum atomic E-state index is 12.7. The average molecular weight is 346 g/mol. The van der Waals surface area contributed by atoms with Crippen molar-refractivity contribution in [1.82, 2.24) is 0 Å². The van der Waals surface area contributed by atoms with Gasteiger partial charge in [0.05, 0.1) is 17.6 Å². The molecule has 1 spiro atoms. The number of aliphatic carboxylic acids is 1. The molecular weight excluding hydrogens is 324 g/mol. The topological polar surface area (TPSA) is 104 Å². The van der Waals surface area contributed by atoms with E-state index in [4.69, 9.17) is 4.74 Å². The Morgan fingerprint density at radius 1 is 1.44 bits per heavy atom. The van der Waals surface area contributed by atoms with Crippen LogP contribution < -0.4 is 0 Å². The van der Waals surface area contributed by atoms with Gasteiger partial charge in [0.25, 0.3) is 0 Å². The highest BCUT2D eigenvalue weighted by Gasteiger charge is 2.83. The van der Waals surface area contributed by atoms with E-state index < -0.39 is 51.9 Å². The molecule has 5 aliphatic rings. The first-order valence-electron chi connectivity index (χ1n) is 8.86. The van der Waals surface area contributed by atoms with Crippen LogP contribution in [-0.4, -0.2) is 44.6 Å². The van der Waals surface area contributed by atoms with Gasteiger partial charge in [0, 0.05) is 11.8 Å². The number of aliphatic hydroxyl groups is 2. The lowest BCUT2D eigenvalue weighted by Crippen LogP contribution is -2.50. The summed E-state index contributed by atoms with van der Waals surface area (Å²) in [7, 11) is 0. The van der Waals surface area contributed by atoms with Crippen molar-refractivity contribution in [3.8, 4) is 0 Å². The maximum Gasteiger partial charge on any atom is 0.316 e. The van der Waals surface area contributed by atoms with Gasteiger partial charge in [-0.25, -0.2) is 0 Å². The van der Waals surface area contributed by atoms with Crippen molar-refractivity contribution in [2.24, 2.45) is 28.6 Å². The number of ether oxygens (including phenoxy) is 1. The normalized spacial score (nSPS) is 58.0. The molecule has 3 saturated carbocycles. The van der Waals surface area contributed by atoms with Crippen molar-refractivity contribution in [3.05, 3.63) is 24.3 Å². The van der Waals surface area contributed by atoms with E-state index in [-0.39, 0.29) is 5.92 Å². The van der Waals surface area contributed by atoms with Crippen molar-refractivity contribution in [1.29, 1.82) is 0 Å². The van der Waals surface area contributed by atoms with Crippen LogP contribution in [0.5, 0.6) is 0 Å². The first-order valence-corrected chi connectivity index (χ1v) is 8.86. The third-order valence-electron chi connectivity index (χ3n) is 8.12. The summed E-state index contributed by atoms with van der Waals surface area (Å²) in [5.41, 5.74) is -3.29. The van der Waals surface area contributed by atoms with E-state index in [0.29, 0.717) is 31.3 Å². The Bertz CT molecular complexity index is 772. The molecule has 4 aliphatic carbocycles. The fourth-order valence-corrected chi connectivity index (χ4v) is 7.13. The smallest absolute Gasteiger partial charge is 0.316 e. The predicted molar refractivity (Wildman–Crippen MR) is 85.2 cm³/mol. The van der Waals surface area contributed by atoms with Gasteiger partial charge in [0.2, 0.25) is 0 Å². The Balaban J connectivity index is 1.78. The number of hydrogen-bond acceptors (Lipinski definition) is 5. The number of carbonyl (C=O) groups excluding carboxylic acids is 1. The van der Waals surface area contributed by atoms with Gasteiger partial charge in [-0.3, -0.25) is 9.59 Å². The van der Waals surface area contributed by atoms with Crippen molar-refractivity contribution in [2.45, 2.75) is 49.9 Å². The van der Waals surface area contributed by atoms with Gasteiger partial charge < -0.3 is 20.1 Å². The summed E-state index contributed by atoms with van der Waals surface area (Å²) in [5.74, 6) is -3.18. The van der Waals surface area contributed by atoms with Crippen molar-refractivity contribution < 1.29 is 29.6 Å². The molecule has 5 rings (SSSR count). The Kier molecular flexibility index (Phi) is 2.50. The second-order valence-electron chi connectivity index (χ2n) is 8.94. The molecule has 3 N–H and O–H groups in total. The first kappa shape index (κ1) is 15.6. The van der Waals surface area contributed by atoms with Crippen molar-refractivity contribution >= 4 is 11.9 Å². The lowest BCUT2D eigenvalue weighted by molar-refractivity contribution is -0.163. The van der Waals surface area contributed by atoms with E-state index in [9.17, 15) is 24.9 Å². The summed E-state index contributed by atoms with van der Waals surface area (Å²) in [5, 5.41) is 31.6. The summed E-state index contributed by atoms with van der Waals surface area (Å²) in [6, 6.07) is 0. The predicted octanol–water partition coefficient (Wildman–Crippen LogP) is 1.03. The van der Waals surface area contributed by atoms with E-state index in [1.165, 1.54) is 0 Å². The Labute approximate surface area is 145 Å². The van der Waals surface area contributed by atoms with Crippen LogP contribution in [0.3, 0.4) is 0 Å². The van der Waals surface area contributed by atoms with Crippen LogP contribution >= 0.6 is 0 Å².